The first-order valence-electron chi connectivity index (χ1n) is 10.3. The highest BCUT2D eigenvalue weighted by Crippen LogP contribution is 2.54. The quantitative estimate of drug-likeness (QED) is 0.579. The van der Waals surface area contributed by atoms with Gasteiger partial charge in [0.25, 0.3) is 11.8 Å². The van der Waals surface area contributed by atoms with E-state index in [2.05, 4.69) is 6.07 Å². The summed E-state index contributed by atoms with van der Waals surface area (Å²) in [5.41, 5.74) is 2.24. The van der Waals surface area contributed by atoms with Crippen molar-refractivity contribution in [3.63, 3.8) is 0 Å². The molecule has 1 saturated heterocycles. The Morgan fingerprint density at radius 1 is 1.06 bits per heavy atom. The van der Waals surface area contributed by atoms with Crippen LogP contribution in [0.3, 0.4) is 0 Å². The second-order valence-corrected chi connectivity index (χ2v) is 9.11. The fraction of sp³-hybridized carbons (Fsp3) is 0.160. The summed E-state index contributed by atoms with van der Waals surface area (Å²) in [6, 6.07) is 18.4. The Kier molecular flexibility index (Phi) is 5.14. The first-order valence-corrected chi connectivity index (χ1v) is 11.2. The number of rotatable bonds is 3. The van der Waals surface area contributed by atoms with Crippen LogP contribution in [0.1, 0.15) is 27.0 Å². The number of amides is 2. The topological polar surface area (TPSA) is 64.4 Å². The number of fused-ring (bicyclic) bond motifs is 2. The van der Waals surface area contributed by atoms with Crippen molar-refractivity contribution in [2.45, 2.75) is 11.4 Å². The Balaban J connectivity index is 1.60. The van der Waals surface area contributed by atoms with Crippen molar-refractivity contribution < 1.29 is 18.4 Å². The minimum atomic E-state index is -1.44. The summed E-state index contributed by atoms with van der Waals surface area (Å²) in [4.78, 5) is 28.8. The lowest BCUT2D eigenvalue weighted by molar-refractivity contribution is -0.123. The highest BCUT2D eigenvalue weighted by Gasteiger charge is 2.59. The number of carbonyl (C=O) groups is 2. The van der Waals surface area contributed by atoms with Gasteiger partial charge in [-0.3, -0.25) is 9.59 Å². The largest absolute Gasteiger partial charge is 0.311 e. The number of halogens is 2. The van der Waals surface area contributed by atoms with E-state index in [9.17, 15) is 23.6 Å². The summed E-state index contributed by atoms with van der Waals surface area (Å²) < 4.78 is 28.1. The van der Waals surface area contributed by atoms with Crippen LogP contribution in [0.15, 0.2) is 66.7 Å². The number of hydrogen-bond acceptors (Lipinski definition) is 4. The molecule has 164 valence electrons. The Hall–Kier alpha value is -3.70. The average Bonchev–Trinajstić information content (AvgIpc) is 3.36. The van der Waals surface area contributed by atoms with Crippen LogP contribution in [-0.2, 0) is 16.2 Å². The maximum atomic E-state index is 14.4. The molecule has 0 bridgehead atoms. The van der Waals surface area contributed by atoms with E-state index < -0.39 is 22.4 Å². The van der Waals surface area contributed by atoms with E-state index in [1.807, 2.05) is 0 Å². The molecule has 3 aromatic rings. The third kappa shape index (κ3) is 3.36. The Morgan fingerprint density at radius 2 is 1.85 bits per heavy atom. The zero-order valence-corrected chi connectivity index (χ0v) is 18.1. The van der Waals surface area contributed by atoms with Gasteiger partial charge in [0.1, 0.15) is 11.6 Å². The normalized spacial score (nSPS) is 19.1. The van der Waals surface area contributed by atoms with E-state index in [1.165, 1.54) is 58.0 Å². The average molecular weight is 461 g/mol. The monoisotopic (exact) mass is 461 g/mol. The summed E-state index contributed by atoms with van der Waals surface area (Å²) in [5, 5.41) is 9.21. The number of carbonyl (C=O) groups excluding carboxylic acids is 2. The lowest BCUT2D eigenvalue weighted by Gasteiger charge is -2.33. The molecule has 2 aliphatic heterocycles. The van der Waals surface area contributed by atoms with Crippen LogP contribution in [-0.4, -0.2) is 29.0 Å². The van der Waals surface area contributed by atoms with Gasteiger partial charge in [-0.05, 0) is 54.1 Å². The number of thioether (sulfide) groups is 1. The van der Waals surface area contributed by atoms with E-state index in [4.69, 9.17) is 0 Å². The SMILES string of the molecule is N#Cc1cccc(CN2C(=O)C3(SCCN3C(=O)c3cccc(F)c3)c3cc(F)ccc32)c1. The van der Waals surface area contributed by atoms with E-state index in [0.29, 0.717) is 22.6 Å². The third-order valence-electron chi connectivity index (χ3n) is 5.87. The van der Waals surface area contributed by atoms with E-state index in [0.717, 1.165) is 11.6 Å². The first-order chi connectivity index (χ1) is 15.9. The fourth-order valence-corrected chi connectivity index (χ4v) is 5.90. The van der Waals surface area contributed by atoms with Crippen molar-refractivity contribution in [1.29, 1.82) is 5.26 Å². The maximum absolute atomic E-state index is 14.4. The van der Waals surface area contributed by atoms with Gasteiger partial charge in [-0.1, -0.05) is 18.2 Å². The van der Waals surface area contributed by atoms with Crippen LogP contribution in [0, 0.1) is 23.0 Å². The smallest absolute Gasteiger partial charge is 0.268 e. The standard InChI is InChI=1S/C25H17F2N3O2S/c26-19-6-2-5-18(12-19)23(31)30-9-10-33-25(30)21-13-20(27)7-8-22(21)29(24(25)32)15-17-4-1-3-16(11-17)14-28/h1-8,11-13H,9-10,15H2. The van der Waals surface area contributed by atoms with Crippen molar-refractivity contribution in [2.75, 3.05) is 17.2 Å². The van der Waals surface area contributed by atoms with Gasteiger partial charge in [0.2, 0.25) is 0 Å². The Labute approximate surface area is 193 Å². The maximum Gasteiger partial charge on any atom is 0.268 e. The fourth-order valence-electron chi connectivity index (χ4n) is 4.44. The highest BCUT2D eigenvalue weighted by atomic mass is 32.2. The summed E-state index contributed by atoms with van der Waals surface area (Å²) in [6.45, 7) is 0.427. The molecule has 8 heteroatoms. The molecule has 1 atom stereocenters. The lowest BCUT2D eigenvalue weighted by atomic mass is 10.0. The molecule has 2 heterocycles. The molecule has 3 aromatic carbocycles. The molecule has 1 unspecified atom stereocenters. The molecule has 0 saturated carbocycles. The first kappa shape index (κ1) is 21.2. The van der Waals surface area contributed by atoms with Gasteiger partial charge < -0.3 is 9.80 Å². The van der Waals surface area contributed by atoms with Gasteiger partial charge in [-0.25, -0.2) is 8.78 Å². The van der Waals surface area contributed by atoms with Gasteiger partial charge in [0.05, 0.1) is 23.9 Å². The van der Waals surface area contributed by atoms with Crippen LogP contribution >= 0.6 is 11.8 Å². The van der Waals surface area contributed by atoms with Crippen LogP contribution in [0.25, 0.3) is 0 Å². The molecular weight excluding hydrogens is 444 g/mol. The molecule has 5 rings (SSSR count). The minimum Gasteiger partial charge on any atom is -0.311 e. The third-order valence-corrected chi connectivity index (χ3v) is 7.29. The number of hydrogen-bond donors (Lipinski definition) is 0. The number of anilines is 1. The Morgan fingerprint density at radius 3 is 2.64 bits per heavy atom. The highest BCUT2D eigenvalue weighted by molar-refractivity contribution is 8.01. The summed E-state index contributed by atoms with van der Waals surface area (Å²) >= 11 is 1.27. The van der Waals surface area contributed by atoms with Crippen LogP contribution in [0.2, 0.25) is 0 Å². The van der Waals surface area contributed by atoms with Gasteiger partial charge in [-0.15, -0.1) is 11.8 Å². The van der Waals surface area contributed by atoms with Crippen molar-refractivity contribution in [1.82, 2.24) is 4.90 Å². The molecule has 0 N–H and O–H groups in total. The van der Waals surface area contributed by atoms with E-state index in [-0.39, 0.29) is 24.6 Å². The molecule has 1 fully saturated rings. The second kappa shape index (κ2) is 8.01. The van der Waals surface area contributed by atoms with Crippen LogP contribution in [0.5, 0.6) is 0 Å². The molecule has 1 spiro atoms. The Bertz CT molecular complexity index is 1340. The van der Waals surface area contributed by atoms with Crippen LogP contribution < -0.4 is 4.90 Å². The van der Waals surface area contributed by atoms with Crippen molar-refractivity contribution in [3.8, 4) is 6.07 Å². The zero-order valence-electron chi connectivity index (χ0n) is 17.3. The predicted molar refractivity (Wildman–Crippen MR) is 120 cm³/mol. The van der Waals surface area contributed by atoms with E-state index in [1.54, 1.807) is 24.3 Å². The van der Waals surface area contributed by atoms with Crippen LogP contribution in [0.4, 0.5) is 14.5 Å². The molecule has 33 heavy (non-hydrogen) atoms. The number of nitrogens with zero attached hydrogens (tertiary/aromatic N) is 3. The van der Waals surface area contributed by atoms with Crippen molar-refractivity contribution in [2.24, 2.45) is 0 Å². The summed E-state index contributed by atoms with van der Waals surface area (Å²) in [7, 11) is 0. The van der Waals surface area contributed by atoms with Crippen molar-refractivity contribution in [3.05, 3.63) is 101 Å². The predicted octanol–water partition coefficient (Wildman–Crippen LogP) is 4.43. The van der Waals surface area contributed by atoms with Gasteiger partial charge >= 0.3 is 0 Å². The number of benzene rings is 3. The second-order valence-electron chi connectivity index (χ2n) is 7.82. The minimum absolute atomic E-state index is 0.128. The van der Waals surface area contributed by atoms with Gasteiger partial charge in [-0.2, -0.15) is 5.26 Å². The molecule has 0 aliphatic carbocycles. The lowest BCUT2D eigenvalue weighted by Crippen LogP contribution is -2.50. The van der Waals surface area contributed by atoms with Crippen molar-refractivity contribution >= 4 is 29.3 Å². The molecule has 2 aliphatic rings. The molecule has 2 amide bonds. The molecule has 0 aromatic heterocycles. The van der Waals surface area contributed by atoms with Gasteiger partial charge in [0.15, 0.2) is 4.87 Å². The number of nitriles is 1. The summed E-state index contributed by atoms with van der Waals surface area (Å²) in [5.74, 6) is -1.44. The molecule has 5 nitrogen and oxygen atoms in total. The molecule has 0 radical (unpaired) electrons. The van der Waals surface area contributed by atoms with E-state index >= 15 is 0 Å². The zero-order chi connectivity index (χ0) is 23.2. The molecular formula is C25H17F2N3O2S. The van der Waals surface area contributed by atoms with Gasteiger partial charge in [0, 0.05) is 23.4 Å². The summed E-state index contributed by atoms with van der Waals surface area (Å²) in [6.07, 6.45) is 0.